The zero-order valence-corrected chi connectivity index (χ0v) is 16.1. The molecule has 0 aromatic heterocycles. The molecule has 3 aliphatic rings. The van der Waals surface area contributed by atoms with Gasteiger partial charge in [0.05, 0.1) is 18.7 Å². The highest BCUT2D eigenvalue weighted by Gasteiger charge is 2.45. The van der Waals surface area contributed by atoms with Crippen molar-refractivity contribution in [3.63, 3.8) is 0 Å². The molecule has 2 fully saturated rings. The minimum Gasteiger partial charge on any atom is -0.394 e. The fraction of sp³-hybridized carbons (Fsp3) is 0.375. The van der Waals surface area contributed by atoms with E-state index >= 15 is 0 Å². The van der Waals surface area contributed by atoms with Gasteiger partial charge in [-0.1, -0.05) is 11.8 Å². The Kier molecular flexibility index (Phi) is 4.52. The smallest absolute Gasteiger partial charge is 0.254 e. The van der Waals surface area contributed by atoms with Gasteiger partial charge in [-0.25, -0.2) is 4.39 Å². The van der Waals surface area contributed by atoms with Gasteiger partial charge in [0.25, 0.3) is 5.91 Å². The molecule has 29 heavy (non-hydrogen) atoms. The van der Waals surface area contributed by atoms with Crippen LogP contribution in [0.3, 0.4) is 0 Å². The van der Waals surface area contributed by atoms with E-state index in [1.54, 1.807) is 0 Å². The van der Waals surface area contributed by atoms with Crippen LogP contribution in [0, 0.1) is 29.5 Å². The number of amides is 1. The molecular formula is C24H23FN2O2. The minimum absolute atomic E-state index is 0.0163. The normalized spacial score (nSPS) is 24.8. The molecule has 2 N–H and O–H groups in total. The van der Waals surface area contributed by atoms with E-state index in [9.17, 15) is 14.3 Å². The van der Waals surface area contributed by atoms with Gasteiger partial charge in [0.1, 0.15) is 5.82 Å². The Morgan fingerprint density at radius 3 is 2.69 bits per heavy atom. The highest BCUT2D eigenvalue weighted by Crippen LogP contribution is 2.47. The Bertz CT molecular complexity index is 1000. The number of hydrogen-bond donors (Lipinski definition) is 2. The van der Waals surface area contributed by atoms with Crippen LogP contribution in [0.2, 0.25) is 0 Å². The average molecular weight is 390 g/mol. The van der Waals surface area contributed by atoms with Gasteiger partial charge in [-0.05, 0) is 67.3 Å². The van der Waals surface area contributed by atoms with E-state index in [1.807, 2.05) is 17.0 Å². The quantitative estimate of drug-likeness (QED) is 0.771. The van der Waals surface area contributed by atoms with Gasteiger partial charge >= 0.3 is 0 Å². The largest absolute Gasteiger partial charge is 0.394 e. The summed E-state index contributed by atoms with van der Waals surface area (Å²) in [6.45, 7) is 0.629. The number of benzene rings is 2. The number of nitrogens with zero attached hydrogens (tertiary/aromatic N) is 1. The Hall–Kier alpha value is -2.84. The number of halogens is 1. The summed E-state index contributed by atoms with van der Waals surface area (Å²) in [6.07, 6.45) is 3.18. The first-order chi connectivity index (χ1) is 14.1. The molecule has 1 amide bonds. The van der Waals surface area contributed by atoms with Crippen molar-refractivity contribution in [2.75, 3.05) is 18.5 Å². The third-order valence-electron chi connectivity index (χ3n) is 6.22. The predicted molar refractivity (Wildman–Crippen MR) is 109 cm³/mol. The maximum absolute atomic E-state index is 13.3. The van der Waals surface area contributed by atoms with Crippen molar-refractivity contribution in [2.45, 2.75) is 31.3 Å². The molecule has 5 rings (SSSR count). The number of anilines is 1. The van der Waals surface area contributed by atoms with Gasteiger partial charge in [0.15, 0.2) is 0 Å². The van der Waals surface area contributed by atoms with Crippen molar-refractivity contribution >= 4 is 11.6 Å². The number of carbonyl (C=O) groups excluding carboxylic acids is 1. The molecule has 0 unspecified atom stereocenters. The lowest BCUT2D eigenvalue weighted by Crippen LogP contribution is -2.42. The standard InChI is InChI=1S/C24H23FN2O2/c25-18-8-6-17(7-9-18)24(29)27-12-11-19-22(14-28)26-21-10-5-16(4-3-15-1-2-15)13-20(21)23(19)27/h5-10,13,15,19,22-23,26,28H,1-2,11-12,14H2/t19-,22+,23-/m1/s1. The highest BCUT2D eigenvalue weighted by molar-refractivity contribution is 5.95. The molecule has 3 atom stereocenters. The lowest BCUT2D eigenvalue weighted by molar-refractivity contribution is 0.0701. The van der Waals surface area contributed by atoms with E-state index in [2.05, 4.69) is 23.2 Å². The van der Waals surface area contributed by atoms with Gasteiger partial charge in [-0.15, -0.1) is 0 Å². The molecule has 2 aliphatic heterocycles. The molecule has 4 nitrogen and oxygen atoms in total. The van der Waals surface area contributed by atoms with Crippen LogP contribution in [0.1, 0.15) is 46.8 Å². The zero-order valence-electron chi connectivity index (χ0n) is 16.1. The molecule has 0 spiro atoms. The highest BCUT2D eigenvalue weighted by atomic mass is 19.1. The van der Waals surface area contributed by atoms with Gasteiger partial charge in [-0.3, -0.25) is 4.79 Å². The molecule has 2 aromatic rings. The van der Waals surface area contributed by atoms with Gasteiger partial charge < -0.3 is 15.3 Å². The molecule has 5 heteroatoms. The number of likely N-dealkylation sites (tertiary alicyclic amines) is 1. The van der Waals surface area contributed by atoms with Crippen molar-refractivity contribution in [2.24, 2.45) is 11.8 Å². The van der Waals surface area contributed by atoms with Crippen LogP contribution in [-0.2, 0) is 0 Å². The van der Waals surface area contributed by atoms with Crippen molar-refractivity contribution in [3.8, 4) is 11.8 Å². The Morgan fingerprint density at radius 2 is 1.97 bits per heavy atom. The summed E-state index contributed by atoms with van der Waals surface area (Å²) in [5, 5.41) is 13.4. The summed E-state index contributed by atoms with van der Waals surface area (Å²) in [6, 6.07) is 11.6. The van der Waals surface area contributed by atoms with E-state index in [4.69, 9.17) is 0 Å². The van der Waals surface area contributed by atoms with Crippen molar-refractivity contribution in [1.29, 1.82) is 0 Å². The summed E-state index contributed by atoms with van der Waals surface area (Å²) in [5.41, 5.74) is 3.44. The molecule has 0 bridgehead atoms. The molecule has 148 valence electrons. The molecule has 2 aromatic carbocycles. The van der Waals surface area contributed by atoms with E-state index in [0.717, 1.165) is 23.2 Å². The SMILES string of the molecule is O=C(c1ccc(F)cc1)N1CC[C@@H]2[C@H](CO)Nc3ccc(C#CC4CC4)cc3[C@@H]21. The maximum atomic E-state index is 13.3. The molecular weight excluding hydrogens is 367 g/mol. The summed E-state index contributed by atoms with van der Waals surface area (Å²) >= 11 is 0. The summed E-state index contributed by atoms with van der Waals surface area (Å²) in [4.78, 5) is 15.1. The maximum Gasteiger partial charge on any atom is 0.254 e. The second kappa shape index (κ2) is 7.20. The lowest BCUT2D eigenvalue weighted by Gasteiger charge is -2.39. The number of fused-ring (bicyclic) bond motifs is 3. The Morgan fingerprint density at radius 1 is 1.17 bits per heavy atom. The first kappa shape index (κ1) is 18.2. The number of aliphatic hydroxyl groups excluding tert-OH is 1. The topological polar surface area (TPSA) is 52.6 Å². The zero-order chi connectivity index (χ0) is 20.0. The van der Waals surface area contributed by atoms with E-state index in [-0.39, 0.29) is 36.3 Å². The van der Waals surface area contributed by atoms with Crippen LogP contribution in [0.5, 0.6) is 0 Å². The molecule has 2 heterocycles. The van der Waals surface area contributed by atoms with Crippen LogP contribution in [-0.4, -0.2) is 35.1 Å². The third-order valence-corrected chi connectivity index (χ3v) is 6.22. The average Bonchev–Trinajstić information content (AvgIpc) is 3.47. The lowest BCUT2D eigenvalue weighted by atomic mass is 9.82. The van der Waals surface area contributed by atoms with Gasteiger partial charge in [0.2, 0.25) is 0 Å². The second-order valence-electron chi connectivity index (χ2n) is 8.18. The fourth-order valence-electron chi connectivity index (χ4n) is 4.54. The van der Waals surface area contributed by atoms with Crippen molar-refractivity contribution < 1.29 is 14.3 Å². The van der Waals surface area contributed by atoms with Crippen LogP contribution in [0.15, 0.2) is 42.5 Å². The van der Waals surface area contributed by atoms with Crippen molar-refractivity contribution in [1.82, 2.24) is 4.90 Å². The molecule has 0 radical (unpaired) electrons. The molecule has 1 saturated heterocycles. The predicted octanol–water partition coefficient (Wildman–Crippen LogP) is 3.58. The number of nitrogens with one attached hydrogen (secondary N) is 1. The number of hydrogen-bond acceptors (Lipinski definition) is 3. The first-order valence-electron chi connectivity index (χ1n) is 10.2. The van der Waals surface area contributed by atoms with E-state index in [1.165, 1.54) is 37.1 Å². The third kappa shape index (κ3) is 3.38. The van der Waals surface area contributed by atoms with Gasteiger partial charge in [-0.2, -0.15) is 0 Å². The van der Waals surface area contributed by atoms with Crippen LogP contribution in [0.4, 0.5) is 10.1 Å². The van der Waals surface area contributed by atoms with E-state index in [0.29, 0.717) is 18.0 Å². The fourth-order valence-corrected chi connectivity index (χ4v) is 4.54. The summed E-state index contributed by atoms with van der Waals surface area (Å²) in [7, 11) is 0. The minimum atomic E-state index is -0.354. The Labute approximate surface area is 169 Å². The Balaban J connectivity index is 1.52. The monoisotopic (exact) mass is 390 g/mol. The van der Waals surface area contributed by atoms with Crippen LogP contribution < -0.4 is 5.32 Å². The second-order valence-corrected chi connectivity index (χ2v) is 8.18. The number of aliphatic hydroxyl groups is 1. The summed E-state index contributed by atoms with van der Waals surface area (Å²) in [5.74, 6) is 6.77. The number of rotatable bonds is 2. The van der Waals surface area contributed by atoms with Crippen LogP contribution >= 0.6 is 0 Å². The van der Waals surface area contributed by atoms with E-state index < -0.39 is 0 Å². The molecule has 1 saturated carbocycles. The van der Waals surface area contributed by atoms with Crippen molar-refractivity contribution in [3.05, 3.63) is 65.0 Å². The molecule has 1 aliphatic carbocycles. The van der Waals surface area contributed by atoms with Crippen LogP contribution in [0.25, 0.3) is 0 Å². The number of carbonyl (C=O) groups is 1. The van der Waals surface area contributed by atoms with Gasteiger partial charge in [0, 0.05) is 35.2 Å². The first-order valence-corrected chi connectivity index (χ1v) is 10.2. The summed E-state index contributed by atoms with van der Waals surface area (Å²) < 4.78 is 13.3.